The van der Waals surface area contributed by atoms with E-state index < -0.39 is 0 Å². The summed E-state index contributed by atoms with van der Waals surface area (Å²) in [5.74, 6) is 2.47. The van der Waals surface area contributed by atoms with Gasteiger partial charge in [0, 0.05) is 29.1 Å². The Morgan fingerprint density at radius 2 is 2.09 bits per heavy atom. The van der Waals surface area contributed by atoms with Crippen molar-refractivity contribution in [3.8, 4) is 22.9 Å². The predicted molar refractivity (Wildman–Crippen MR) is 117 cm³/mol. The fourth-order valence-corrected chi connectivity index (χ4v) is 4.93. The Labute approximate surface area is 189 Å². The van der Waals surface area contributed by atoms with Crippen molar-refractivity contribution in [3.63, 3.8) is 0 Å². The van der Waals surface area contributed by atoms with Gasteiger partial charge < -0.3 is 18.9 Å². The lowest BCUT2D eigenvalue weighted by Crippen LogP contribution is -2.17. The van der Waals surface area contributed by atoms with Crippen LogP contribution in [0.5, 0.6) is 11.5 Å². The van der Waals surface area contributed by atoms with Crippen LogP contribution in [0.3, 0.4) is 0 Å². The molecule has 9 heteroatoms. The van der Waals surface area contributed by atoms with Gasteiger partial charge in [0.1, 0.15) is 17.3 Å². The Hall–Kier alpha value is -2.62. The number of nitrogens with zero attached hydrogens (tertiary/aromatic N) is 3. The zero-order valence-corrected chi connectivity index (χ0v) is 18.6. The van der Waals surface area contributed by atoms with E-state index in [0.29, 0.717) is 24.7 Å². The van der Waals surface area contributed by atoms with Gasteiger partial charge in [-0.2, -0.15) is 0 Å². The number of hydrogen-bond donors (Lipinski definition) is 0. The highest BCUT2D eigenvalue weighted by Gasteiger charge is 2.23. The van der Waals surface area contributed by atoms with Gasteiger partial charge in [0.25, 0.3) is 0 Å². The molecule has 3 heterocycles. The standard InChI is InChI=1S/C23H24FN3O4S/c1-28-19-6-4-15(5-7-19)22-25-26-23(27(22)11-20-3-2-8-30-20)32-13-17-10-18(24)9-16-12-29-14-31-21(16)17/h4-7,9-10,20H,2-3,8,11-14H2,1H3/t20-/m0/s1. The summed E-state index contributed by atoms with van der Waals surface area (Å²) in [6.45, 7) is 1.97. The Balaban J connectivity index is 1.43. The molecule has 0 saturated carbocycles. The van der Waals surface area contributed by atoms with E-state index in [9.17, 15) is 4.39 Å². The number of thioether (sulfide) groups is 1. The molecule has 5 rings (SSSR count). The third kappa shape index (κ3) is 4.46. The van der Waals surface area contributed by atoms with Crippen LogP contribution < -0.4 is 9.47 Å². The summed E-state index contributed by atoms with van der Waals surface area (Å²) in [5.41, 5.74) is 2.46. The topological polar surface area (TPSA) is 67.6 Å². The molecule has 0 bridgehead atoms. The fourth-order valence-electron chi connectivity index (χ4n) is 4.01. The Bertz CT molecular complexity index is 1080. The van der Waals surface area contributed by atoms with Crippen molar-refractivity contribution in [2.75, 3.05) is 20.5 Å². The second kappa shape index (κ2) is 9.48. The van der Waals surface area contributed by atoms with Crippen LogP contribution in [0, 0.1) is 5.82 Å². The van der Waals surface area contributed by atoms with Crippen molar-refractivity contribution in [2.45, 2.75) is 43.0 Å². The number of halogens is 1. The van der Waals surface area contributed by atoms with Gasteiger partial charge >= 0.3 is 0 Å². The van der Waals surface area contributed by atoms with Crippen LogP contribution in [-0.2, 0) is 28.4 Å². The molecule has 2 aliphatic heterocycles. The maximum absolute atomic E-state index is 14.1. The molecule has 2 aromatic carbocycles. The first-order valence-corrected chi connectivity index (χ1v) is 11.5. The molecular formula is C23H24FN3O4S. The first-order valence-electron chi connectivity index (χ1n) is 10.5. The maximum Gasteiger partial charge on any atom is 0.191 e. The van der Waals surface area contributed by atoms with E-state index in [4.69, 9.17) is 18.9 Å². The van der Waals surface area contributed by atoms with E-state index in [1.165, 1.54) is 23.9 Å². The van der Waals surface area contributed by atoms with Crippen molar-refractivity contribution >= 4 is 11.8 Å². The Kier molecular flexibility index (Phi) is 6.29. The first-order chi connectivity index (χ1) is 15.7. The van der Waals surface area contributed by atoms with Crippen LogP contribution in [-0.4, -0.2) is 41.4 Å². The molecule has 1 fully saturated rings. The van der Waals surface area contributed by atoms with E-state index in [0.717, 1.165) is 52.9 Å². The lowest BCUT2D eigenvalue weighted by Gasteiger charge is -2.21. The molecule has 0 N–H and O–H groups in total. The van der Waals surface area contributed by atoms with Gasteiger partial charge in [-0.05, 0) is 49.2 Å². The molecule has 0 aliphatic carbocycles. The van der Waals surface area contributed by atoms with Crippen LogP contribution in [0.15, 0.2) is 41.6 Å². The van der Waals surface area contributed by atoms with Crippen molar-refractivity contribution in [2.24, 2.45) is 0 Å². The summed E-state index contributed by atoms with van der Waals surface area (Å²) in [5, 5.41) is 9.69. The van der Waals surface area contributed by atoms with Gasteiger partial charge in [0.05, 0.1) is 26.4 Å². The monoisotopic (exact) mass is 457 g/mol. The number of fused-ring (bicyclic) bond motifs is 1. The van der Waals surface area contributed by atoms with Gasteiger partial charge in [-0.25, -0.2) is 4.39 Å². The quantitative estimate of drug-likeness (QED) is 0.486. The second-order valence-corrected chi connectivity index (χ2v) is 8.68. The van der Waals surface area contributed by atoms with E-state index >= 15 is 0 Å². The third-order valence-electron chi connectivity index (χ3n) is 5.58. The minimum Gasteiger partial charge on any atom is -0.497 e. The summed E-state index contributed by atoms with van der Waals surface area (Å²) < 4.78 is 38.3. The third-order valence-corrected chi connectivity index (χ3v) is 6.60. The van der Waals surface area contributed by atoms with Crippen molar-refractivity contribution < 1.29 is 23.3 Å². The lowest BCUT2D eigenvalue weighted by atomic mass is 10.1. The average Bonchev–Trinajstić information content (AvgIpc) is 3.48. The highest BCUT2D eigenvalue weighted by molar-refractivity contribution is 7.98. The molecule has 0 radical (unpaired) electrons. The van der Waals surface area contributed by atoms with Crippen LogP contribution in [0.25, 0.3) is 11.4 Å². The molecule has 168 valence electrons. The lowest BCUT2D eigenvalue weighted by molar-refractivity contribution is -0.0171. The molecule has 2 aliphatic rings. The summed E-state index contributed by atoms with van der Waals surface area (Å²) in [4.78, 5) is 0. The number of benzene rings is 2. The molecule has 0 unspecified atom stereocenters. The zero-order chi connectivity index (χ0) is 21.9. The first kappa shape index (κ1) is 21.2. The number of rotatable bonds is 7. The van der Waals surface area contributed by atoms with E-state index in [1.54, 1.807) is 7.11 Å². The van der Waals surface area contributed by atoms with Gasteiger partial charge in [-0.15, -0.1) is 10.2 Å². The van der Waals surface area contributed by atoms with Crippen LogP contribution >= 0.6 is 11.8 Å². The predicted octanol–water partition coefficient (Wildman–Crippen LogP) is 4.43. The molecule has 0 spiro atoms. The molecule has 0 amide bonds. The zero-order valence-electron chi connectivity index (χ0n) is 17.8. The van der Waals surface area contributed by atoms with Crippen molar-refractivity contribution in [3.05, 3.63) is 53.3 Å². The smallest absolute Gasteiger partial charge is 0.191 e. The summed E-state index contributed by atoms with van der Waals surface area (Å²) in [7, 11) is 1.64. The number of methoxy groups -OCH3 is 1. The van der Waals surface area contributed by atoms with Gasteiger partial charge in [0.2, 0.25) is 0 Å². The maximum atomic E-state index is 14.1. The van der Waals surface area contributed by atoms with Crippen molar-refractivity contribution in [1.82, 2.24) is 14.8 Å². The van der Waals surface area contributed by atoms with E-state index in [-0.39, 0.29) is 18.7 Å². The summed E-state index contributed by atoms with van der Waals surface area (Å²) in [6, 6.07) is 10.7. The fraction of sp³-hybridized carbons (Fsp3) is 0.391. The number of aromatic nitrogens is 3. The largest absolute Gasteiger partial charge is 0.497 e. The minimum absolute atomic E-state index is 0.129. The van der Waals surface area contributed by atoms with Crippen LogP contribution in [0.1, 0.15) is 24.0 Å². The SMILES string of the molecule is COc1ccc(-c2nnc(SCc3cc(F)cc4c3OCOC4)n2C[C@@H]2CCCO2)cc1. The molecule has 1 atom stereocenters. The molecule has 7 nitrogen and oxygen atoms in total. The van der Waals surface area contributed by atoms with Gasteiger partial charge in [-0.1, -0.05) is 11.8 Å². The highest BCUT2D eigenvalue weighted by atomic mass is 32.2. The Morgan fingerprint density at radius 3 is 2.88 bits per heavy atom. The van der Waals surface area contributed by atoms with Crippen LogP contribution in [0.4, 0.5) is 4.39 Å². The van der Waals surface area contributed by atoms with Crippen molar-refractivity contribution in [1.29, 1.82) is 0 Å². The molecule has 3 aromatic rings. The average molecular weight is 458 g/mol. The molecular weight excluding hydrogens is 433 g/mol. The Morgan fingerprint density at radius 1 is 1.22 bits per heavy atom. The summed E-state index contributed by atoms with van der Waals surface area (Å²) in [6.07, 6.45) is 2.20. The van der Waals surface area contributed by atoms with Crippen LogP contribution in [0.2, 0.25) is 0 Å². The molecule has 1 aromatic heterocycles. The normalized spacial score (nSPS) is 17.8. The number of ether oxygens (including phenoxy) is 4. The van der Waals surface area contributed by atoms with E-state index in [1.807, 2.05) is 24.3 Å². The highest BCUT2D eigenvalue weighted by Crippen LogP contribution is 2.35. The minimum atomic E-state index is -0.298. The second-order valence-electron chi connectivity index (χ2n) is 7.73. The van der Waals surface area contributed by atoms with Gasteiger partial charge in [-0.3, -0.25) is 4.57 Å². The summed E-state index contributed by atoms with van der Waals surface area (Å²) >= 11 is 1.51. The molecule has 32 heavy (non-hydrogen) atoms. The van der Waals surface area contributed by atoms with E-state index in [2.05, 4.69) is 14.8 Å². The van der Waals surface area contributed by atoms with Gasteiger partial charge in [0.15, 0.2) is 17.8 Å². The molecule has 1 saturated heterocycles. The number of hydrogen-bond acceptors (Lipinski definition) is 7.